The molecule has 0 unspecified atom stereocenters. The Bertz CT molecular complexity index is 917. The standard InChI is InChI=1S/C14H7Cl3F3N3O2/c1-23-13(17)10(12(22-23)14(18,19)20)11-9(5-21-25-11)24-8-3-6(15)2-7(16)4-8/h2-5H,1H3. The van der Waals surface area contributed by atoms with Crippen molar-refractivity contribution < 1.29 is 22.4 Å². The molecule has 0 amide bonds. The summed E-state index contributed by atoms with van der Waals surface area (Å²) in [6.45, 7) is 0. The van der Waals surface area contributed by atoms with Gasteiger partial charge in [0.1, 0.15) is 17.1 Å². The minimum Gasteiger partial charge on any atom is -0.451 e. The van der Waals surface area contributed by atoms with Gasteiger partial charge < -0.3 is 9.26 Å². The fraction of sp³-hybridized carbons (Fsp3) is 0.143. The van der Waals surface area contributed by atoms with Crippen LogP contribution in [0, 0.1) is 0 Å². The third kappa shape index (κ3) is 3.56. The molecule has 0 N–H and O–H groups in total. The fourth-order valence-corrected chi connectivity index (χ4v) is 2.81. The highest BCUT2D eigenvalue weighted by Crippen LogP contribution is 2.44. The van der Waals surface area contributed by atoms with Gasteiger partial charge in [0.25, 0.3) is 0 Å². The van der Waals surface area contributed by atoms with Crippen LogP contribution in [0.1, 0.15) is 5.69 Å². The molecule has 0 aliphatic carbocycles. The Kier molecular flexibility index (Phi) is 4.61. The maximum Gasteiger partial charge on any atom is 0.435 e. The number of hydrogen-bond donors (Lipinski definition) is 0. The quantitative estimate of drug-likeness (QED) is 0.542. The SMILES string of the molecule is Cn1nc(C(F)(F)F)c(-c2oncc2Oc2cc(Cl)cc(Cl)c2)c1Cl. The first-order chi connectivity index (χ1) is 11.7. The lowest BCUT2D eigenvalue weighted by molar-refractivity contribution is -0.141. The number of rotatable bonds is 3. The average molecular weight is 413 g/mol. The molecule has 0 fully saturated rings. The molecule has 25 heavy (non-hydrogen) atoms. The zero-order valence-electron chi connectivity index (χ0n) is 12.2. The number of hydrogen-bond acceptors (Lipinski definition) is 4. The number of aryl methyl sites for hydroxylation is 1. The summed E-state index contributed by atoms with van der Waals surface area (Å²) in [5, 5.41) is 7.17. The van der Waals surface area contributed by atoms with Crippen LogP contribution in [0.5, 0.6) is 11.5 Å². The first-order valence-electron chi connectivity index (χ1n) is 6.55. The van der Waals surface area contributed by atoms with E-state index < -0.39 is 17.4 Å². The van der Waals surface area contributed by atoms with E-state index in [4.69, 9.17) is 44.1 Å². The van der Waals surface area contributed by atoms with Crippen molar-refractivity contribution in [2.75, 3.05) is 0 Å². The maximum atomic E-state index is 13.2. The van der Waals surface area contributed by atoms with E-state index in [1.807, 2.05) is 0 Å². The van der Waals surface area contributed by atoms with E-state index in [2.05, 4.69) is 10.3 Å². The number of benzene rings is 1. The van der Waals surface area contributed by atoms with Gasteiger partial charge in [0.05, 0.1) is 5.56 Å². The molecule has 0 spiro atoms. The van der Waals surface area contributed by atoms with Crippen LogP contribution >= 0.6 is 34.8 Å². The van der Waals surface area contributed by atoms with Crippen LogP contribution in [-0.2, 0) is 13.2 Å². The van der Waals surface area contributed by atoms with Crippen LogP contribution in [0.2, 0.25) is 15.2 Å². The molecule has 3 rings (SSSR count). The Morgan fingerprint density at radius 2 is 1.76 bits per heavy atom. The largest absolute Gasteiger partial charge is 0.451 e. The van der Waals surface area contributed by atoms with Gasteiger partial charge in [-0.25, -0.2) is 0 Å². The number of nitrogens with zero attached hydrogens (tertiary/aromatic N) is 3. The van der Waals surface area contributed by atoms with Crippen molar-refractivity contribution in [2.24, 2.45) is 7.05 Å². The van der Waals surface area contributed by atoms with Crippen molar-refractivity contribution >= 4 is 34.8 Å². The van der Waals surface area contributed by atoms with Crippen molar-refractivity contribution in [2.45, 2.75) is 6.18 Å². The van der Waals surface area contributed by atoms with Gasteiger partial charge >= 0.3 is 6.18 Å². The van der Waals surface area contributed by atoms with Crippen LogP contribution in [0.4, 0.5) is 13.2 Å². The van der Waals surface area contributed by atoms with Crippen molar-refractivity contribution in [3.8, 4) is 22.8 Å². The topological polar surface area (TPSA) is 53.1 Å². The monoisotopic (exact) mass is 411 g/mol. The Hall–Kier alpha value is -1.90. The molecule has 0 atom stereocenters. The summed E-state index contributed by atoms with van der Waals surface area (Å²) in [5.41, 5.74) is -1.69. The van der Waals surface area contributed by atoms with E-state index in [-0.39, 0.29) is 32.5 Å². The number of aromatic nitrogens is 3. The highest BCUT2D eigenvalue weighted by atomic mass is 35.5. The minimum atomic E-state index is -4.75. The van der Waals surface area contributed by atoms with Gasteiger partial charge in [-0.05, 0) is 18.2 Å². The molecule has 2 aromatic heterocycles. The summed E-state index contributed by atoms with van der Waals surface area (Å²) in [6, 6.07) is 4.34. The zero-order chi connectivity index (χ0) is 18.4. The van der Waals surface area contributed by atoms with Gasteiger partial charge in [-0.2, -0.15) is 18.3 Å². The molecule has 0 radical (unpaired) electrons. The van der Waals surface area contributed by atoms with Gasteiger partial charge in [0.2, 0.25) is 5.76 Å². The third-order valence-electron chi connectivity index (χ3n) is 3.07. The van der Waals surface area contributed by atoms with Crippen LogP contribution in [0.3, 0.4) is 0 Å². The fourth-order valence-electron chi connectivity index (χ4n) is 2.09. The van der Waals surface area contributed by atoms with Crippen LogP contribution in [-0.4, -0.2) is 14.9 Å². The Morgan fingerprint density at radius 3 is 2.36 bits per heavy atom. The lowest BCUT2D eigenvalue weighted by atomic mass is 10.2. The molecule has 0 saturated heterocycles. The van der Waals surface area contributed by atoms with Crippen molar-refractivity contribution in [1.82, 2.24) is 14.9 Å². The van der Waals surface area contributed by atoms with Crippen molar-refractivity contribution in [3.05, 3.63) is 45.3 Å². The first kappa shape index (κ1) is 17.9. The van der Waals surface area contributed by atoms with E-state index in [9.17, 15) is 13.2 Å². The molecule has 1 aromatic carbocycles. The summed E-state index contributed by atoms with van der Waals surface area (Å²) < 4.78 is 51.0. The highest BCUT2D eigenvalue weighted by molar-refractivity contribution is 6.34. The van der Waals surface area contributed by atoms with E-state index >= 15 is 0 Å². The minimum absolute atomic E-state index is 0.0984. The lowest BCUT2D eigenvalue weighted by Crippen LogP contribution is -2.08. The highest BCUT2D eigenvalue weighted by Gasteiger charge is 2.41. The molecule has 5 nitrogen and oxygen atoms in total. The molecule has 132 valence electrons. The molecular formula is C14H7Cl3F3N3O2. The van der Waals surface area contributed by atoms with E-state index in [0.29, 0.717) is 0 Å². The number of ether oxygens (including phenoxy) is 1. The van der Waals surface area contributed by atoms with E-state index in [1.54, 1.807) is 0 Å². The normalized spacial score (nSPS) is 11.8. The molecule has 3 aromatic rings. The van der Waals surface area contributed by atoms with Gasteiger partial charge in [-0.1, -0.05) is 40.0 Å². The molecular weight excluding hydrogens is 406 g/mol. The molecule has 0 saturated carbocycles. The Balaban J connectivity index is 2.09. The second kappa shape index (κ2) is 6.44. The number of alkyl halides is 3. The molecule has 0 aliphatic heterocycles. The van der Waals surface area contributed by atoms with Gasteiger partial charge in [-0.15, -0.1) is 0 Å². The van der Waals surface area contributed by atoms with Crippen LogP contribution in [0.25, 0.3) is 11.3 Å². The Morgan fingerprint density at radius 1 is 1.12 bits per heavy atom. The van der Waals surface area contributed by atoms with Crippen molar-refractivity contribution in [3.63, 3.8) is 0 Å². The number of halogens is 6. The third-order valence-corrected chi connectivity index (χ3v) is 3.94. The molecule has 0 bridgehead atoms. The van der Waals surface area contributed by atoms with Gasteiger partial charge in [0, 0.05) is 17.1 Å². The maximum absolute atomic E-state index is 13.2. The van der Waals surface area contributed by atoms with Gasteiger partial charge in [0.15, 0.2) is 11.4 Å². The molecule has 11 heteroatoms. The summed E-state index contributed by atoms with van der Waals surface area (Å²) in [4.78, 5) is 0. The van der Waals surface area contributed by atoms with Crippen LogP contribution in [0.15, 0.2) is 28.9 Å². The predicted octanol–water partition coefficient (Wildman–Crippen LogP) is 5.85. The second-order valence-electron chi connectivity index (χ2n) is 4.86. The average Bonchev–Trinajstić information content (AvgIpc) is 3.03. The van der Waals surface area contributed by atoms with Crippen LogP contribution < -0.4 is 4.74 Å². The second-order valence-corrected chi connectivity index (χ2v) is 6.09. The lowest BCUT2D eigenvalue weighted by Gasteiger charge is -2.07. The summed E-state index contributed by atoms with van der Waals surface area (Å²) >= 11 is 17.7. The van der Waals surface area contributed by atoms with E-state index in [0.717, 1.165) is 10.9 Å². The van der Waals surface area contributed by atoms with E-state index in [1.165, 1.54) is 25.2 Å². The zero-order valence-corrected chi connectivity index (χ0v) is 14.5. The molecule has 2 heterocycles. The summed E-state index contributed by atoms with van der Waals surface area (Å²) in [7, 11) is 1.27. The summed E-state index contributed by atoms with van der Waals surface area (Å²) in [5.74, 6) is -0.226. The predicted molar refractivity (Wildman–Crippen MR) is 85.3 cm³/mol. The smallest absolute Gasteiger partial charge is 0.435 e. The van der Waals surface area contributed by atoms with Gasteiger partial charge in [-0.3, -0.25) is 4.68 Å². The Labute approximate surface area is 153 Å². The molecule has 0 aliphatic rings. The first-order valence-corrected chi connectivity index (χ1v) is 7.69. The summed E-state index contributed by atoms with van der Waals surface area (Å²) in [6.07, 6.45) is -3.64. The van der Waals surface area contributed by atoms with Crippen molar-refractivity contribution in [1.29, 1.82) is 0 Å².